The van der Waals surface area contributed by atoms with Gasteiger partial charge < -0.3 is 14.6 Å². The van der Waals surface area contributed by atoms with Gasteiger partial charge in [-0.1, -0.05) is 49.1 Å². The lowest BCUT2D eigenvalue weighted by Gasteiger charge is -2.36. The first-order valence-electron chi connectivity index (χ1n) is 11.0. The number of pyridine rings is 1. The van der Waals surface area contributed by atoms with E-state index in [9.17, 15) is 0 Å². The predicted molar refractivity (Wildman–Crippen MR) is 128 cm³/mol. The molecule has 1 N–H and O–H groups in total. The molecule has 4 nitrogen and oxygen atoms in total. The number of thiocarbonyl (C=S) groups is 1. The smallest absolute Gasteiger partial charge is 0.170 e. The average Bonchev–Trinajstić information content (AvgIpc) is 3.41. The fraction of sp³-hybridized carbons (Fsp3) is 0.360. The molecule has 1 saturated heterocycles. The topological polar surface area (TPSA) is 41.3 Å². The van der Waals surface area contributed by atoms with E-state index in [4.69, 9.17) is 28.2 Å². The number of nitrogens with one attached hydrogen (secondary N) is 1. The molecular formula is C25H26ClN3OS. The minimum Gasteiger partial charge on any atom is -0.459 e. The Morgan fingerprint density at radius 1 is 1.06 bits per heavy atom. The molecule has 2 fully saturated rings. The van der Waals surface area contributed by atoms with E-state index in [0.29, 0.717) is 6.04 Å². The summed E-state index contributed by atoms with van der Waals surface area (Å²) in [5.74, 6) is 1.74. The number of rotatable bonds is 4. The minimum absolute atomic E-state index is 0.0289. The Morgan fingerprint density at radius 3 is 2.68 bits per heavy atom. The van der Waals surface area contributed by atoms with Gasteiger partial charge in [0.1, 0.15) is 17.6 Å². The molecule has 3 heterocycles. The summed E-state index contributed by atoms with van der Waals surface area (Å²) in [4.78, 5) is 7.01. The van der Waals surface area contributed by atoms with Gasteiger partial charge >= 0.3 is 0 Å². The summed E-state index contributed by atoms with van der Waals surface area (Å²) in [5, 5.41) is 5.09. The Balaban J connectivity index is 1.56. The van der Waals surface area contributed by atoms with Crippen LogP contribution in [0.15, 0.2) is 59.1 Å². The summed E-state index contributed by atoms with van der Waals surface area (Å²) in [5.41, 5.74) is 3.02. The summed E-state index contributed by atoms with van der Waals surface area (Å²) < 4.78 is 6.48. The van der Waals surface area contributed by atoms with Gasteiger partial charge in [-0.3, -0.25) is 4.98 Å². The largest absolute Gasteiger partial charge is 0.459 e. The van der Waals surface area contributed by atoms with Gasteiger partial charge in [-0.05, 0) is 67.9 Å². The molecule has 0 unspecified atom stereocenters. The maximum Gasteiger partial charge on any atom is 0.170 e. The summed E-state index contributed by atoms with van der Waals surface area (Å²) in [6, 6.07) is 16.4. The normalized spacial score (nSPS) is 22.0. The van der Waals surface area contributed by atoms with Crippen molar-refractivity contribution in [2.75, 3.05) is 0 Å². The molecule has 0 spiro atoms. The molecular weight excluding hydrogens is 426 g/mol. The Labute approximate surface area is 193 Å². The van der Waals surface area contributed by atoms with E-state index < -0.39 is 0 Å². The van der Waals surface area contributed by atoms with Crippen molar-refractivity contribution in [3.63, 3.8) is 0 Å². The molecule has 2 aliphatic rings. The van der Waals surface area contributed by atoms with Crippen molar-refractivity contribution < 1.29 is 4.42 Å². The first-order chi connectivity index (χ1) is 15.1. The standard InChI is InChI=1S/C25H26ClN3OS/c1-16-18(10-7-11-19(16)26)21-13-14-22(30-21)24-23(20-12-5-6-15-27-20)28-25(31)29(24)17-8-3-2-4-9-17/h5-7,10-15,17,23-24H,2-4,8-9H2,1H3,(H,28,31)/t23-,24-/m1/s1. The molecule has 1 saturated carbocycles. The van der Waals surface area contributed by atoms with Crippen LogP contribution >= 0.6 is 23.8 Å². The summed E-state index contributed by atoms with van der Waals surface area (Å²) in [7, 11) is 0. The zero-order valence-electron chi connectivity index (χ0n) is 17.6. The Morgan fingerprint density at radius 2 is 1.90 bits per heavy atom. The number of hydrogen-bond acceptors (Lipinski definition) is 3. The molecule has 1 aromatic carbocycles. The fourth-order valence-corrected chi connectivity index (χ4v) is 5.52. The highest BCUT2D eigenvalue weighted by atomic mass is 35.5. The highest BCUT2D eigenvalue weighted by Gasteiger charge is 2.44. The molecule has 3 aromatic rings. The van der Waals surface area contributed by atoms with Gasteiger partial charge in [-0.25, -0.2) is 0 Å². The number of aromatic nitrogens is 1. The SMILES string of the molecule is Cc1c(Cl)cccc1-c1ccc([C@@H]2[C@@H](c3ccccn3)NC(=S)N2C2CCCCC2)o1. The van der Waals surface area contributed by atoms with Crippen LogP contribution in [0.5, 0.6) is 0 Å². The second kappa shape index (κ2) is 8.64. The third-order valence-electron chi connectivity index (χ3n) is 6.55. The maximum absolute atomic E-state index is 6.48. The van der Waals surface area contributed by atoms with Crippen molar-refractivity contribution in [3.05, 3.63) is 76.8 Å². The molecule has 0 bridgehead atoms. The van der Waals surface area contributed by atoms with Crippen LogP contribution in [0.3, 0.4) is 0 Å². The molecule has 1 aliphatic carbocycles. The van der Waals surface area contributed by atoms with Crippen molar-refractivity contribution in [1.82, 2.24) is 15.2 Å². The van der Waals surface area contributed by atoms with Crippen molar-refractivity contribution >= 4 is 28.9 Å². The number of halogens is 1. The van der Waals surface area contributed by atoms with Crippen LogP contribution in [-0.4, -0.2) is 21.0 Å². The summed E-state index contributed by atoms with van der Waals surface area (Å²) in [6.45, 7) is 2.02. The van der Waals surface area contributed by atoms with Crippen molar-refractivity contribution in [2.24, 2.45) is 0 Å². The zero-order chi connectivity index (χ0) is 21.4. The molecule has 2 atom stereocenters. The average molecular weight is 452 g/mol. The van der Waals surface area contributed by atoms with Crippen LogP contribution in [0.2, 0.25) is 5.02 Å². The highest BCUT2D eigenvalue weighted by molar-refractivity contribution is 7.80. The minimum atomic E-state index is -0.0462. The predicted octanol–water partition coefficient (Wildman–Crippen LogP) is 6.61. The molecule has 2 aromatic heterocycles. The van der Waals surface area contributed by atoms with E-state index in [1.807, 2.05) is 43.5 Å². The number of furan rings is 1. The molecule has 31 heavy (non-hydrogen) atoms. The number of hydrogen-bond donors (Lipinski definition) is 1. The van der Waals surface area contributed by atoms with Gasteiger partial charge in [0.05, 0.1) is 11.7 Å². The van der Waals surface area contributed by atoms with E-state index in [1.165, 1.54) is 19.3 Å². The van der Waals surface area contributed by atoms with E-state index in [1.54, 1.807) is 0 Å². The lowest BCUT2D eigenvalue weighted by Crippen LogP contribution is -2.40. The van der Waals surface area contributed by atoms with Gasteiger partial charge in [0.15, 0.2) is 5.11 Å². The molecule has 0 radical (unpaired) electrons. The molecule has 5 rings (SSSR count). The zero-order valence-corrected chi connectivity index (χ0v) is 19.1. The summed E-state index contributed by atoms with van der Waals surface area (Å²) in [6.07, 6.45) is 7.95. The fourth-order valence-electron chi connectivity index (χ4n) is 4.95. The summed E-state index contributed by atoms with van der Waals surface area (Å²) >= 11 is 12.2. The van der Waals surface area contributed by atoms with Crippen molar-refractivity contribution in [1.29, 1.82) is 0 Å². The van der Waals surface area contributed by atoms with Crippen molar-refractivity contribution in [2.45, 2.75) is 57.2 Å². The lowest BCUT2D eigenvalue weighted by atomic mass is 9.92. The highest BCUT2D eigenvalue weighted by Crippen LogP contribution is 2.44. The van der Waals surface area contributed by atoms with E-state index in [2.05, 4.69) is 33.4 Å². The number of nitrogens with zero attached hydrogens (tertiary/aromatic N) is 2. The third-order valence-corrected chi connectivity index (χ3v) is 7.29. The van der Waals surface area contributed by atoms with Gasteiger partial charge in [0.2, 0.25) is 0 Å². The van der Waals surface area contributed by atoms with Crippen LogP contribution in [0.1, 0.15) is 61.2 Å². The van der Waals surface area contributed by atoms with Crippen LogP contribution in [0, 0.1) is 6.92 Å². The Hall–Kier alpha value is -2.37. The van der Waals surface area contributed by atoms with Crippen LogP contribution in [0.25, 0.3) is 11.3 Å². The van der Waals surface area contributed by atoms with Gasteiger partial charge in [0.25, 0.3) is 0 Å². The van der Waals surface area contributed by atoms with E-state index >= 15 is 0 Å². The van der Waals surface area contributed by atoms with Gasteiger partial charge in [-0.15, -0.1) is 0 Å². The van der Waals surface area contributed by atoms with Gasteiger partial charge in [-0.2, -0.15) is 0 Å². The van der Waals surface area contributed by atoms with Gasteiger partial charge in [0, 0.05) is 22.8 Å². The second-order valence-electron chi connectivity index (χ2n) is 8.44. The molecule has 6 heteroatoms. The molecule has 0 amide bonds. The quantitative estimate of drug-likeness (QED) is 0.452. The molecule has 160 valence electrons. The monoisotopic (exact) mass is 451 g/mol. The first kappa shape index (κ1) is 20.5. The molecule has 1 aliphatic heterocycles. The maximum atomic E-state index is 6.48. The third kappa shape index (κ3) is 3.85. The first-order valence-corrected chi connectivity index (χ1v) is 11.8. The van der Waals surface area contributed by atoms with Crippen LogP contribution in [-0.2, 0) is 0 Å². The van der Waals surface area contributed by atoms with E-state index in [0.717, 1.165) is 51.3 Å². The Bertz CT molecular complexity index is 1080. The van der Waals surface area contributed by atoms with E-state index in [-0.39, 0.29) is 12.1 Å². The Kier molecular flexibility index (Phi) is 5.72. The lowest BCUT2D eigenvalue weighted by molar-refractivity contribution is 0.179. The van der Waals surface area contributed by atoms with Crippen LogP contribution < -0.4 is 5.32 Å². The number of benzene rings is 1. The second-order valence-corrected chi connectivity index (χ2v) is 9.23. The van der Waals surface area contributed by atoms with Crippen molar-refractivity contribution in [3.8, 4) is 11.3 Å². The van der Waals surface area contributed by atoms with Crippen LogP contribution in [0.4, 0.5) is 0 Å².